The number of para-hydroxylation sites is 2. The first-order valence-electron chi connectivity index (χ1n) is 21.8. The van der Waals surface area contributed by atoms with E-state index < -0.39 is 0 Å². The molecule has 2 aromatic carbocycles. The molecule has 1 aromatic heterocycles. The molecular weight excluding hydrogens is 759 g/mol. The molecule has 3 aromatic rings. The molecule has 0 atom stereocenters. The van der Waals surface area contributed by atoms with Crippen molar-refractivity contribution in [3.05, 3.63) is 82.4 Å². The summed E-state index contributed by atoms with van der Waals surface area (Å²) in [5.41, 5.74) is 9.16. The van der Waals surface area contributed by atoms with Crippen LogP contribution in [0.15, 0.2) is 48.8 Å². The fourth-order valence-electron chi connectivity index (χ4n) is 7.79. The molecule has 0 unspecified atom stereocenters. The van der Waals surface area contributed by atoms with E-state index in [9.17, 15) is 19.2 Å². The molecule has 2 aliphatic rings. The minimum Gasteiger partial charge on any atom is -0.490 e. The van der Waals surface area contributed by atoms with E-state index in [0.29, 0.717) is 47.6 Å². The van der Waals surface area contributed by atoms with Gasteiger partial charge < -0.3 is 31.3 Å². The van der Waals surface area contributed by atoms with Crippen LogP contribution in [0.3, 0.4) is 0 Å². The van der Waals surface area contributed by atoms with Crippen molar-refractivity contribution in [2.45, 2.75) is 135 Å². The SMILES string of the molecule is CC(=N)CCCCCC(=O)Cc1cccc(CC(=O)c2cc(C(=O)Cc3cccc(CC(=O)CCCCCC(=N)N)c3OC3CCNCC3)ncn2)c1OC1CCNCC1. The van der Waals surface area contributed by atoms with E-state index in [2.05, 4.69) is 20.6 Å². The highest BCUT2D eigenvalue weighted by Crippen LogP contribution is 2.31. The van der Waals surface area contributed by atoms with Gasteiger partial charge in [-0.2, -0.15) is 0 Å². The normalized spacial score (nSPS) is 14.7. The number of nitrogens with zero attached hydrogens (tertiary/aromatic N) is 2. The molecule has 2 saturated heterocycles. The van der Waals surface area contributed by atoms with Gasteiger partial charge in [-0.1, -0.05) is 49.2 Å². The topological polar surface area (TPSA) is 210 Å². The third kappa shape index (κ3) is 15.2. The summed E-state index contributed by atoms with van der Waals surface area (Å²) in [4.78, 5) is 62.6. The maximum absolute atomic E-state index is 13.9. The lowest BCUT2D eigenvalue weighted by molar-refractivity contribution is -0.119. The van der Waals surface area contributed by atoms with Crippen LogP contribution in [0.5, 0.6) is 11.5 Å². The second-order valence-electron chi connectivity index (χ2n) is 16.3. The molecular formula is C47H63N7O6. The Hall–Kier alpha value is -5.14. The Balaban J connectivity index is 1.30. The largest absolute Gasteiger partial charge is 0.490 e. The van der Waals surface area contributed by atoms with E-state index in [1.807, 2.05) is 36.4 Å². The first-order valence-corrected chi connectivity index (χ1v) is 21.8. The van der Waals surface area contributed by atoms with Gasteiger partial charge in [0, 0.05) is 72.9 Å². The van der Waals surface area contributed by atoms with Crippen molar-refractivity contribution in [3.63, 3.8) is 0 Å². The predicted molar refractivity (Wildman–Crippen MR) is 233 cm³/mol. The number of carbonyl (C=O) groups excluding carboxylic acids is 4. The Morgan fingerprint density at radius 3 is 1.43 bits per heavy atom. The lowest BCUT2D eigenvalue weighted by atomic mass is 9.96. The van der Waals surface area contributed by atoms with Crippen LogP contribution in [0.4, 0.5) is 0 Å². The fourth-order valence-corrected chi connectivity index (χ4v) is 7.79. The zero-order chi connectivity index (χ0) is 42.7. The van der Waals surface area contributed by atoms with E-state index in [4.69, 9.17) is 26.0 Å². The molecule has 0 radical (unpaired) electrons. The zero-order valence-corrected chi connectivity index (χ0v) is 35.3. The number of nitrogens with two attached hydrogens (primary N) is 1. The molecule has 13 heteroatoms. The van der Waals surface area contributed by atoms with Crippen LogP contribution in [-0.2, 0) is 35.3 Å². The molecule has 5 rings (SSSR count). The standard InChI is InChI=1S/C47H63N7O6/c1-32(48)10-4-2-5-15-37(55)26-33-11-8-13-35(46(33)59-39-18-22-51-23-19-39)28-43(57)41-30-42(54-31-53-41)44(58)29-36-14-9-12-34(47(36)60-40-20-24-52-25-21-40)27-38(56)16-6-3-7-17-45(49)50/h8-9,11-14,30-31,39-40,48,51-52H,2-7,10,15-29H2,1H3,(H3,49,50). The van der Waals surface area contributed by atoms with E-state index in [0.717, 1.165) is 108 Å². The van der Waals surface area contributed by atoms with Crippen molar-refractivity contribution < 1.29 is 28.7 Å². The average Bonchev–Trinajstić information content (AvgIpc) is 3.23. The third-order valence-electron chi connectivity index (χ3n) is 11.1. The number of ether oxygens (including phenoxy) is 2. The van der Waals surface area contributed by atoms with E-state index in [1.165, 1.54) is 12.4 Å². The number of ketones is 4. The summed E-state index contributed by atoms with van der Waals surface area (Å²) >= 11 is 0. The van der Waals surface area contributed by atoms with Crippen molar-refractivity contribution in [2.24, 2.45) is 5.73 Å². The molecule has 322 valence electrons. The monoisotopic (exact) mass is 821 g/mol. The molecule has 13 nitrogen and oxygen atoms in total. The van der Waals surface area contributed by atoms with E-state index in [1.54, 1.807) is 6.92 Å². The van der Waals surface area contributed by atoms with Gasteiger partial charge in [-0.25, -0.2) is 9.97 Å². The van der Waals surface area contributed by atoms with Gasteiger partial charge in [0.25, 0.3) is 0 Å². The maximum Gasteiger partial charge on any atom is 0.185 e. The number of hydrogen-bond acceptors (Lipinski definition) is 12. The lowest BCUT2D eigenvalue weighted by Gasteiger charge is -2.26. The molecule has 0 aliphatic carbocycles. The van der Waals surface area contributed by atoms with Crippen molar-refractivity contribution in [2.75, 3.05) is 26.2 Å². The Labute approximate surface area is 354 Å². The summed E-state index contributed by atoms with van der Waals surface area (Å²) < 4.78 is 13.2. The number of hydrogen-bond donors (Lipinski definition) is 5. The summed E-state index contributed by atoms with van der Waals surface area (Å²) in [6, 6.07) is 12.6. The Morgan fingerprint density at radius 2 is 1.02 bits per heavy atom. The molecule has 0 spiro atoms. The average molecular weight is 822 g/mol. The van der Waals surface area contributed by atoms with Crippen LogP contribution < -0.4 is 25.8 Å². The van der Waals surface area contributed by atoms with Crippen LogP contribution in [0, 0.1) is 10.8 Å². The van der Waals surface area contributed by atoms with Gasteiger partial charge >= 0.3 is 0 Å². The molecule has 60 heavy (non-hydrogen) atoms. The number of amidine groups is 1. The highest BCUT2D eigenvalue weighted by molar-refractivity contribution is 6.01. The fraction of sp³-hybridized carbons (Fsp3) is 0.532. The highest BCUT2D eigenvalue weighted by atomic mass is 16.5. The predicted octanol–water partition coefficient (Wildman–Crippen LogP) is 6.69. The number of Topliss-reactive ketones (excluding diaryl/α,β-unsaturated/α-hetero) is 4. The summed E-state index contributed by atoms with van der Waals surface area (Å²) in [7, 11) is 0. The lowest BCUT2D eigenvalue weighted by Crippen LogP contribution is -2.34. The molecule has 2 fully saturated rings. The van der Waals surface area contributed by atoms with Crippen molar-refractivity contribution >= 4 is 34.7 Å². The van der Waals surface area contributed by atoms with Gasteiger partial charge in [-0.3, -0.25) is 24.6 Å². The third-order valence-corrected chi connectivity index (χ3v) is 11.1. The molecule has 6 N–H and O–H groups in total. The molecule has 0 saturated carbocycles. The number of benzene rings is 2. The van der Waals surface area contributed by atoms with Crippen LogP contribution >= 0.6 is 0 Å². The molecule has 0 bridgehead atoms. The Bertz CT molecular complexity index is 1820. The summed E-state index contributed by atoms with van der Waals surface area (Å²) in [5, 5.41) is 21.8. The molecule has 0 amide bonds. The first kappa shape index (κ1) is 45.9. The maximum atomic E-state index is 13.9. The molecule has 3 heterocycles. The van der Waals surface area contributed by atoms with Gasteiger partial charge in [0.1, 0.15) is 53.0 Å². The summed E-state index contributed by atoms with van der Waals surface area (Å²) in [6.45, 7) is 5.09. The summed E-state index contributed by atoms with van der Waals surface area (Å²) in [5.74, 6) is 0.872. The van der Waals surface area contributed by atoms with Crippen LogP contribution in [0.1, 0.15) is 140 Å². The van der Waals surface area contributed by atoms with Crippen molar-refractivity contribution in [1.82, 2.24) is 20.6 Å². The number of carbonyl (C=O) groups is 4. The Kier molecular flexibility index (Phi) is 18.5. The van der Waals surface area contributed by atoms with Gasteiger partial charge in [0.05, 0.1) is 5.84 Å². The number of piperidine rings is 2. The number of nitrogens with one attached hydrogen (secondary N) is 4. The number of rotatable bonds is 26. The van der Waals surface area contributed by atoms with Crippen molar-refractivity contribution in [1.29, 1.82) is 10.8 Å². The summed E-state index contributed by atoms with van der Waals surface area (Å²) in [6.07, 6.45) is 11.7. The van der Waals surface area contributed by atoms with Crippen LogP contribution in [0.2, 0.25) is 0 Å². The number of aromatic nitrogens is 2. The van der Waals surface area contributed by atoms with E-state index >= 15 is 0 Å². The van der Waals surface area contributed by atoms with Crippen molar-refractivity contribution in [3.8, 4) is 11.5 Å². The minimum atomic E-state index is -0.307. The van der Waals surface area contributed by atoms with Crippen LogP contribution in [0.25, 0.3) is 0 Å². The van der Waals surface area contributed by atoms with Gasteiger partial charge in [0.2, 0.25) is 0 Å². The van der Waals surface area contributed by atoms with Gasteiger partial charge in [-0.15, -0.1) is 0 Å². The highest BCUT2D eigenvalue weighted by Gasteiger charge is 2.25. The molecule has 2 aliphatic heterocycles. The second kappa shape index (κ2) is 24.2. The minimum absolute atomic E-state index is 0.0308. The number of unbranched alkanes of at least 4 members (excludes halogenated alkanes) is 4. The smallest absolute Gasteiger partial charge is 0.185 e. The first-order chi connectivity index (χ1) is 29.0. The zero-order valence-electron chi connectivity index (χ0n) is 35.3. The Morgan fingerprint density at radius 1 is 0.617 bits per heavy atom. The second-order valence-corrected chi connectivity index (χ2v) is 16.3. The quantitative estimate of drug-likeness (QED) is 0.0249. The van der Waals surface area contributed by atoms with Gasteiger partial charge in [-0.05, 0) is 97.0 Å². The van der Waals surface area contributed by atoms with Gasteiger partial charge in [0.15, 0.2) is 11.6 Å². The van der Waals surface area contributed by atoms with E-state index in [-0.39, 0.29) is 78.2 Å². The van der Waals surface area contributed by atoms with Crippen LogP contribution in [-0.4, -0.2) is 83.0 Å².